The van der Waals surface area contributed by atoms with E-state index < -0.39 is 5.82 Å². The van der Waals surface area contributed by atoms with Crippen molar-refractivity contribution in [3.63, 3.8) is 0 Å². The third-order valence-electron chi connectivity index (χ3n) is 1.90. The van der Waals surface area contributed by atoms with Crippen LogP contribution in [0.1, 0.15) is 11.1 Å². The maximum absolute atomic E-state index is 13.0. The van der Waals surface area contributed by atoms with Gasteiger partial charge in [0, 0.05) is 5.56 Å². The highest BCUT2D eigenvalue weighted by Crippen LogP contribution is 2.35. The fourth-order valence-electron chi connectivity index (χ4n) is 1.25. The van der Waals surface area contributed by atoms with E-state index in [1.165, 1.54) is 0 Å². The van der Waals surface area contributed by atoms with Gasteiger partial charge in [-0.05, 0) is 27.6 Å². The molecule has 1 aromatic carbocycles. The van der Waals surface area contributed by atoms with E-state index in [4.69, 9.17) is 4.74 Å². The highest BCUT2D eigenvalue weighted by atomic mass is 79.9. The van der Waals surface area contributed by atoms with Gasteiger partial charge in [0.1, 0.15) is 0 Å². The minimum absolute atomic E-state index is 0.282. The van der Waals surface area contributed by atoms with Gasteiger partial charge in [-0.2, -0.15) is 0 Å². The molecule has 1 aliphatic heterocycles. The van der Waals surface area contributed by atoms with E-state index in [0.29, 0.717) is 18.8 Å². The van der Waals surface area contributed by atoms with E-state index in [9.17, 15) is 9.50 Å². The van der Waals surface area contributed by atoms with Crippen LogP contribution in [-0.2, 0) is 18.0 Å². The van der Waals surface area contributed by atoms with Gasteiger partial charge < -0.3 is 9.84 Å². The van der Waals surface area contributed by atoms with Gasteiger partial charge in [0.15, 0.2) is 11.6 Å². The average molecular weight is 233 g/mol. The van der Waals surface area contributed by atoms with Crippen LogP contribution in [0.25, 0.3) is 0 Å². The second-order valence-electron chi connectivity index (χ2n) is 2.65. The van der Waals surface area contributed by atoms with Crippen LogP contribution < -0.4 is 0 Å². The van der Waals surface area contributed by atoms with E-state index in [1.807, 2.05) is 0 Å². The van der Waals surface area contributed by atoms with Crippen molar-refractivity contribution in [2.24, 2.45) is 0 Å². The van der Waals surface area contributed by atoms with Crippen LogP contribution in [0.2, 0.25) is 0 Å². The molecule has 12 heavy (non-hydrogen) atoms. The highest BCUT2D eigenvalue weighted by molar-refractivity contribution is 9.10. The molecule has 2 rings (SSSR count). The number of hydrogen-bond donors (Lipinski definition) is 1. The second kappa shape index (κ2) is 2.71. The van der Waals surface area contributed by atoms with Crippen molar-refractivity contribution in [2.45, 2.75) is 13.2 Å². The molecule has 0 aromatic heterocycles. The van der Waals surface area contributed by atoms with Crippen LogP contribution in [0.15, 0.2) is 10.5 Å². The van der Waals surface area contributed by atoms with E-state index in [1.54, 1.807) is 6.07 Å². The van der Waals surface area contributed by atoms with Crippen molar-refractivity contribution in [3.05, 3.63) is 27.5 Å². The fourth-order valence-corrected chi connectivity index (χ4v) is 1.72. The molecule has 0 aliphatic carbocycles. The Kier molecular flexibility index (Phi) is 1.81. The lowest BCUT2D eigenvalue weighted by Gasteiger charge is -2.03. The molecule has 0 amide bonds. The normalized spacial score (nSPS) is 14.8. The predicted octanol–water partition coefficient (Wildman–Crippen LogP) is 2.32. The Bertz CT molecular complexity index is 338. The third kappa shape index (κ3) is 1.03. The van der Waals surface area contributed by atoms with Gasteiger partial charge in [0.25, 0.3) is 0 Å². The number of phenols is 1. The van der Waals surface area contributed by atoms with Crippen molar-refractivity contribution in [1.82, 2.24) is 0 Å². The molecule has 0 radical (unpaired) electrons. The summed E-state index contributed by atoms with van der Waals surface area (Å²) < 4.78 is 18.4. The molecule has 0 spiro atoms. The summed E-state index contributed by atoms with van der Waals surface area (Å²) in [5, 5.41) is 9.31. The minimum Gasteiger partial charge on any atom is -0.505 e. The van der Waals surface area contributed by atoms with E-state index in [-0.39, 0.29) is 10.2 Å². The van der Waals surface area contributed by atoms with Crippen molar-refractivity contribution in [3.8, 4) is 5.75 Å². The molecular weight excluding hydrogens is 227 g/mol. The number of halogens is 2. The van der Waals surface area contributed by atoms with Crippen LogP contribution in [0.3, 0.4) is 0 Å². The van der Waals surface area contributed by atoms with Crippen LogP contribution in [0.4, 0.5) is 4.39 Å². The first-order chi connectivity index (χ1) is 5.70. The molecule has 0 unspecified atom stereocenters. The minimum atomic E-state index is -0.612. The van der Waals surface area contributed by atoms with Crippen LogP contribution in [-0.4, -0.2) is 5.11 Å². The number of benzene rings is 1. The number of fused-ring (bicyclic) bond motifs is 1. The Hall–Kier alpha value is -0.610. The van der Waals surface area contributed by atoms with Crippen LogP contribution in [0.5, 0.6) is 5.75 Å². The zero-order valence-electron chi connectivity index (χ0n) is 6.10. The number of ether oxygens (including phenoxy) is 1. The monoisotopic (exact) mass is 232 g/mol. The zero-order chi connectivity index (χ0) is 8.72. The first-order valence-electron chi connectivity index (χ1n) is 3.46. The number of phenolic OH excluding ortho intramolecular Hbond substituents is 1. The summed E-state index contributed by atoms with van der Waals surface area (Å²) in [6.45, 7) is 0.743. The molecule has 1 N–H and O–H groups in total. The van der Waals surface area contributed by atoms with Crippen LogP contribution >= 0.6 is 15.9 Å². The summed E-state index contributed by atoms with van der Waals surface area (Å²) in [6, 6.07) is 1.64. The van der Waals surface area contributed by atoms with Crippen molar-refractivity contribution in [1.29, 1.82) is 0 Å². The summed E-state index contributed by atoms with van der Waals surface area (Å²) in [5.74, 6) is -0.906. The average Bonchev–Trinajstić information content (AvgIpc) is 2.48. The summed E-state index contributed by atoms with van der Waals surface area (Å²) in [6.07, 6.45) is 0. The van der Waals surface area contributed by atoms with Crippen molar-refractivity contribution >= 4 is 15.9 Å². The molecule has 1 aliphatic rings. The smallest absolute Gasteiger partial charge is 0.179 e. The molecular formula is C8H6BrFO2. The van der Waals surface area contributed by atoms with Crippen molar-refractivity contribution in [2.75, 3.05) is 0 Å². The van der Waals surface area contributed by atoms with Gasteiger partial charge in [-0.1, -0.05) is 0 Å². The van der Waals surface area contributed by atoms with Crippen molar-refractivity contribution < 1.29 is 14.2 Å². The maximum Gasteiger partial charge on any atom is 0.179 e. The number of aromatic hydroxyl groups is 1. The Balaban J connectivity index is 2.67. The van der Waals surface area contributed by atoms with Gasteiger partial charge >= 0.3 is 0 Å². The third-order valence-corrected chi connectivity index (χ3v) is 2.47. The molecule has 1 aromatic rings. The Morgan fingerprint density at radius 2 is 2.25 bits per heavy atom. The standard InChI is InChI=1S/C8H6BrFO2/c9-6-1-4-2-12-3-5(4)8(11)7(6)10/h1,11H,2-3H2. The Labute approximate surface area is 77.1 Å². The Morgan fingerprint density at radius 3 is 3.00 bits per heavy atom. The largest absolute Gasteiger partial charge is 0.505 e. The zero-order valence-corrected chi connectivity index (χ0v) is 7.69. The Morgan fingerprint density at radius 1 is 1.50 bits per heavy atom. The molecule has 1 heterocycles. The van der Waals surface area contributed by atoms with E-state index in [2.05, 4.69) is 15.9 Å². The summed E-state index contributed by atoms with van der Waals surface area (Å²) in [7, 11) is 0. The summed E-state index contributed by atoms with van der Waals surface area (Å²) in [5.41, 5.74) is 1.41. The number of hydrogen-bond acceptors (Lipinski definition) is 2. The predicted molar refractivity (Wildman–Crippen MR) is 44.3 cm³/mol. The van der Waals surface area contributed by atoms with Gasteiger partial charge in [0.2, 0.25) is 0 Å². The number of rotatable bonds is 0. The summed E-state index contributed by atoms with van der Waals surface area (Å²) >= 11 is 3.01. The van der Waals surface area contributed by atoms with Gasteiger partial charge in [-0.15, -0.1) is 0 Å². The molecule has 0 saturated heterocycles. The molecule has 2 nitrogen and oxygen atoms in total. The molecule has 4 heteroatoms. The van der Waals surface area contributed by atoms with E-state index >= 15 is 0 Å². The molecule has 0 atom stereocenters. The SMILES string of the molecule is Oc1c(F)c(Br)cc2c1COC2. The topological polar surface area (TPSA) is 29.5 Å². The second-order valence-corrected chi connectivity index (χ2v) is 3.51. The van der Waals surface area contributed by atoms with E-state index in [0.717, 1.165) is 5.56 Å². The van der Waals surface area contributed by atoms with Gasteiger partial charge in [-0.25, -0.2) is 4.39 Å². The quantitative estimate of drug-likeness (QED) is 0.745. The molecule has 64 valence electrons. The summed E-state index contributed by atoms with van der Waals surface area (Å²) in [4.78, 5) is 0. The fraction of sp³-hybridized carbons (Fsp3) is 0.250. The lowest BCUT2D eigenvalue weighted by atomic mass is 10.1. The molecule has 0 fully saturated rings. The lowest BCUT2D eigenvalue weighted by Crippen LogP contribution is -1.88. The first-order valence-corrected chi connectivity index (χ1v) is 4.26. The first kappa shape index (κ1) is 8.01. The molecule has 0 bridgehead atoms. The van der Waals surface area contributed by atoms with Gasteiger partial charge in [0.05, 0.1) is 17.7 Å². The molecule has 0 saturated carbocycles. The lowest BCUT2D eigenvalue weighted by molar-refractivity contribution is 0.133. The highest BCUT2D eigenvalue weighted by Gasteiger charge is 2.20. The maximum atomic E-state index is 13.0. The van der Waals surface area contributed by atoms with Gasteiger partial charge in [-0.3, -0.25) is 0 Å². The van der Waals surface area contributed by atoms with Crippen LogP contribution in [0, 0.1) is 5.82 Å².